The number of anilines is 1. The Morgan fingerprint density at radius 2 is 1.64 bits per heavy atom. The standard InChI is InChI=1S/C26H24ClN3O2S/c1-16-19(27)12-13-22-24(16)28-26(33-22)30(15-14-29(2)3)25(31)23-17-8-4-6-10-20(17)32-21-11-7-5-9-18(21)23/h4-13,23H,14-15H2,1-3H3. The molecule has 0 radical (unpaired) electrons. The Hall–Kier alpha value is -2.93. The van der Waals surface area contributed by atoms with Crippen LogP contribution in [-0.2, 0) is 4.79 Å². The monoisotopic (exact) mass is 477 g/mol. The Morgan fingerprint density at radius 1 is 1.00 bits per heavy atom. The van der Waals surface area contributed by atoms with Crippen molar-refractivity contribution in [1.82, 2.24) is 9.88 Å². The van der Waals surface area contributed by atoms with Crippen LogP contribution in [-0.4, -0.2) is 43.0 Å². The third-order valence-corrected chi connectivity index (χ3v) is 7.38. The van der Waals surface area contributed by atoms with E-state index in [-0.39, 0.29) is 5.91 Å². The lowest BCUT2D eigenvalue weighted by Gasteiger charge is -2.31. The van der Waals surface area contributed by atoms with Gasteiger partial charge >= 0.3 is 0 Å². The van der Waals surface area contributed by atoms with E-state index >= 15 is 0 Å². The van der Waals surface area contributed by atoms with E-state index in [1.165, 1.54) is 11.3 Å². The maximum Gasteiger partial charge on any atom is 0.241 e. The van der Waals surface area contributed by atoms with Crippen molar-refractivity contribution >= 4 is 44.2 Å². The van der Waals surface area contributed by atoms with E-state index in [4.69, 9.17) is 21.3 Å². The largest absolute Gasteiger partial charge is 0.457 e. The number of halogens is 1. The molecule has 0 saturated heterocycles. The van der Waals surface area contributed by atoms with Gasteiger partial charge in [-0.2, -0.15) is 0 Å². The van der Waals surface area contributed by atoms with E-state index in [2.05, 4.69) is 4.90 Å². The summed E-state index contributed by atoms with van der Waals surface area (Å²) >= 11 is 7.86. The summed E-state index contributed by atoms with van der Waals surface area (Å²) in [5.74, 6) is 0.955. The van der Waals surface area contributed by atoms with Gasteiger partial charge in [-0.1, -0.05) is 59.3 Å². The molecule has 3 aromatic carbocycles. The highest BCUT2D eigenvalue weighted by Gasteiger charge is 2.36. The third-order valence-electron chi connectivity index (χ3n) is 5.93. The molecule has 1 aliphatic heterocycles. The fourth-order valence-electron chi connectivity index (χ4n) is 4.14. The summed E-state index contributed by atoms with van der Waals surface area (Å²) in [6, 6.07) is 19.4. The zero-order valence-corrected chi connectivity index (χ0v) is 20.3. The second-order valence-corrected chi connectivity index (χ2v) is 9.84. The van der Waals surface area contributed by atoms with Crippen LogP contribution >= 0.6 is 22.9 Å². The average Bonchev–Trinajstić information content (AvgIpc) is 3.24. The highest BCUT2D eigenvalue weighted by Crippen LogP contribution is 2.45. The summed E-state index contributed by atoms with van der Waals surface area (Å²) < 4.78 is 7.13. The highest BCUT2D eigenvalue weighted by molar-refractivity contribution is 7.22. The Balaban J connectivity index is 1.63. The summed E-state index contributed by atoms with van der Waals surface area (Å²) in [7, 11) is 4.01. The van der Waals surface area contributed by atoms with Crippen LogP contribution in [0.5, 0.6) is 11.5 Å². The number of nitrogens with zero attached hydrogens (tertiary/aromatic N) is 3. The molecule has 0 saturated carbocycles. The number of aromatic nitrogens is 1. The van der Waals surface area contributed by atoms with Crippen molar-refractivity contribution in [3.8, 4) is 11.5 Å². The van der Waals surface area contributed by atoms with Crippen LogP contribution in [0.3, 0.4) is 0 Å². The second kappa shape index (κ2) is 8.78. The maximum absolute atomic E-state index is 14.3. The fourth-order valence-corrected chi connectivity index (χ4v) is 5.35. The summed E-state index contributed by atoms with van der Waals surface area (Å²) in [5.41, 5.74) is 3.52. The van der Waals surface area contributed by atoms with Gasteiger partial charge in [-0.25, -0.2) is 4.98 Å². The Kier molecular flexibility index (Phi) is 5.83. The molecular formula is C26H24ClN3O2S. The Bertz CT molecular complexity index is 1310. The molecule has 0 aliphatic carbocycles. The number of thiazole rings is 1. The minimum absolute atomic E-state index is 0.0112. The molecule has 0 bridgehead atoms. The molecule has 0 spiro atoms. The molecular weight excluding hydrogens is 454 g/mol. The van der Waals surface area contributed by atoms with Gasteiger partial charge in [0.15, 0.2) is 5.13 Å². The molecule has 5 rings (SSSR count). The molecule has 0 unspecified atom stereocenters. The van der Waals surface area contributed by atoms with Crippen LogP contribution in [0.1, 0.15) is 22.6 Å². The minimum Gasteiger partial charge on any atom is -0.457 e. The van der Waals surface area contributed by atoms with E-state index in [1.54, 1.807) is 0 Å². The van der Waals surface area contributed by atoms with Crippen molar-refractivity contribution in [3.05, 3.63) is 82.4 Å². The van der Waals surface area contributed by atoms with Crippen LogP contribution in [0.2, 0.25) is 5.02 Å². The SMILES string of the molecule is Cc1c(Cl)ccc2sc(N(CCN(C)C)C(=O)C3c4ccccc4Oc4ccccc43)nc12. The maximum atomic E-state index is 14.3. The van der Waals surface area contributed by atoms with Crippen molar-refractivity contribution in [2.45, 2.75) is 12.8 Å². The van der Waals surface area contributed by atoms with Crippen LogP contribution in [0.25, 0.3) is 10.2 Å². The lowest BCUT2D eigenvalue weighted by atomic mass is 9.87. The van der Waals surface area contributed by atoms with Gasteiger partial charge in [-0.3, -0.25) is 9.69 Å². The molecule has 4 aromatic rings. The van der Waals surface area contributed by atoms with Crippen LogP contribution in [0.15, 0.2) is 60.7 Å². The molecule has 0 N–H and O–H groups in total. The van der Waals surface area contributed by atoms with E-state index in [9.17, 15) is 4.79 Å². The van der Waals surface area contributed by atoms with Gasteiger partial charge in [0.05, 0.1) is 16.1 Å². The van der Waals surface area contributed by atoms with E-state index in [1.807, 2.05) is 86.6 Å². The predicted molar refractivity (Wildman–Crippen MR) is 135 cm³/mol. The molecule has 5 nitrogen and oxygen atoms in total. The number of benzene rings is 3. The first-order valence-corrected chi connectivity index (χ1v) is 12.0. The van der Waals surface area contributed by atoms with Crippen LogP contribution in [0, 0.1) is 6.92 Å². The quantitative estimate of drug-likeness (QED) is 0.349. The Morgan fingerprint density at radius 3 is 2.27 bits per heavy atom. The number of para-hydroxylation sites is 2. The number of hydrogen-bond acceptors (Lipinski definition) is 5. The molecule has 1 aliphatic rings. The van der Waals surface area contributed by atoms with Gasteiger partial charge in [0.1, 0.15) is 11.5 Å². The van der Waals surface area contributed by atoms with Gasteiger partial charge < -0.3 is 9.64 Å². The highest BCUT2D eigenvalue weighted by atomic mass is 35.5. The third kappa shape index (κ3) is 3.99. The van der Waals surface area contributed by atoms with Gasteiger partial charge in [0.25, 0.3) is 0 Å². The fraction of sp³-hybridized carbons (Fsp3) is 0.231. The first-order valence-electron chi connectivity index (χ1n) is 10.8. The van der Waals surface area contributed by atoms with Crippen LogP contribution < -0.4 is 9.64 Å². The van der Waals surface area contributed by atoms with Crippen molar-refractivity contribution in [3.63, 3.8) is 0 Å². The van der Waals surface area contributed by atoms with E-state index < -0.39 is 5.92 Å². The molecule has 1 aromatic heterocycles. The summed E-state index contributed by atoms with van der Waals surface area (Å²) in [6.07, 6.45) is 0. The molecule has 1 amide bonds. The first kappa shape index (κ1) is 21.9. The number of carbonyl (C=O) groups is 1. The normalized spacial score (nSPS) is 13.0. The van der Waals surface area contributed by atoms with Gasteiger partial charge in [-0.15, -0.1) is 0 Å². The van der Waals surface area contributed by atoms with E-state index in [0.29, 0.717) is 34.7 Å². The van der Waals surface area contributed by atoms with Gasteiger partial charge in [0, 0.05) is 29.2 Å². The Labute approximate surface area is 202 Å². The molecule has 168 valence electrons. The minimum atomic E-state index is -0.468. The topological polar surface area (TPSA) is 45.7 Å². The zero-order chi connectivity index (χ0) is 23.1. The van der Waals surface area contributed by atoms with E-state index in [0.717, 1.165) is 26.9 Å². The summed E-state index contributed by atoms with van der Waals surface area (Å²) in [5, 5.41) is 1.36. The number of rotatable bonds is 5. The number of aryl methyl sites for hydroxylation is 1. The molecule has 0 fully saturated rings. The van der Waals surface area contributed by atoms with Crippen molar-refractivity contribution in [2.24, 2.45) is 0 Å². The van der Waals surface area contributed by atoms with Crippen LogP contribution in [0.4, 0.5) is 5.13 Å². The van der Waals surface area contributed by atoms with Gasteiger partial charge in [-0.05, 0) is 50.8 Å². The number of fused-ring (bicyclic) bond motifs is 3. The van der Waals surface area contributed by atoms with Gasteiger partial charge in [0.2, 0.25) is 5.91 Å². The lowest BCUT2D eigenvalue weighted by molar-refractivity contribution is -0.119. The zero-order valence-electron chi connectivity index (χ0n) is 18.7. The molecule has 2 heterocycles. The smallest absolute Gasteiger partial charge is 0.241 e. The average molecular weight is 478 g/mol. The van der Waals surface area contributed by atoms with Crippen molar-refractivity contribution in [1.29, 1.82) is 0 Å². The number of hydrogen-bond donors (Lipinski definition) is 0. The number of likely N-dealkylation sites (N-methyl/N-ethyl adjacent to an activating group) is 1. The van der Waals surface area contributed by atoms with Crippen molar-refractivity contribution in [2.75, 3.05) is 32.1 Å². The number of ether oxygens (including phenoxy) is 1. The molecule has 7 heteroatoms. The van der Waals surface area contributed by atoms with Crippen molar-refractivity contribution < 1.29 is 9.53 Å². The molecule has 0 atom stereocenters. The second-order valence-electron chi connectivity index (χ2n) is 8.42. The number of carbonyl (C=O) groups excluding carboxylic acids is 1. The lowest BCUT2D eigenvalue weighted by Crippen LogP contribution is -2.40. The number of amides is 1. The summed E-state index contributed by atoms with van der Waals surface area (Å²) in [6.45, 7) is 3.21. The molecule has 33 heavy (non-hydrogen) atoms. The first-order chi connectivity index (χ1) is 15.9. The predicted octanol–water partition coefficient (Wildman–Crippen LogP) is 6.09. The summed E-state index contributed by atoms with van der Waals surface area (Å²) in [4.78, 5) is 23.0.